The summed E-state index contributed by atoms with van der Waals surface area (Å²) in [7, 11) is 0. The Bertz CT molecular complexity index is 405. The minimum atomic E-state index is 0.115. The van der Waals surface area contributed by atoms with Crippen LogP contribution in [0.2, 0.25) is 0 Å². The lowest BCUT2D eigenvalue weighted by Gasteiger charge is -2.26. The fraction of sp³-hybridized carbons (Fsp3) is 0.562. The zero-order valence-electron chi connectivity index (χ0n) is 12.5. The van der Waals surface area contributed by atoms with Crippen LogP contribution >= 0.6 is 0 Å². The highest BCUT2D eigenvalue weighted by Gasteiger charge is 2.09. The molecule has 0 radical (unpaired) electrons. The highest BCUT2D eigenvalue weighted by Crippen LogP contribution is 1.97. The average Bonchev–Trinajstić information content (AvgIpc) is 2.54. The van der Waals surface area contributed by atoms with Crippen LogP contribution in [0.5, 0.6) is 0 Å². The zero-order chi connectivity index (χ0) is 14.8. The Labute approximate surface area is 126 Å². The molecule has 1 aliphatic rings. The number of ether oxygens (including phenoxy) is 1. The van der Waals surface area contributed by atoms with Gasteiger partial charge < -0.3 is 15.4 Å². The van der Waals surface area contributed by atoms with E-state index in [1.165, 1.54) is 5.56 Å². The Morgan fingerprint density at radius 1 is 1.14 bits per heavy atom. The molecule has 1 heterocycles. The molecule has 2 N–H and O–H groups in total. The van der Waals surface area contributed by atoms with Gasteiger partial charge in [-0.2, -0.15) is 0 Å². The van der Waals surface area contributed by atoms with Crippen molar-refractivity contribution in [2.75, 3.05) is 45.9 Å². The van der Waals surface area contributed by atoms with Gasteiger partial charge in [0, 0.05) is 45.7 Å². The number of benzene rings is 1. The maximum absolute atomic E-state index is 11.7. The number of rotatable bonds is 8. The van der Waals surface area contributed by atoms with Crippen LogP contribution in [-0.4, -0.2) is 56.7 Å². The first-order valence-corrected chi connectivity index (χ1v) is 7.66. The SMILES string of the molecule is O=C(CCNCc1ccccc1)NCCN1CCOCC1. The van der Waals surface area contributed by atoms with Crippen molar-refractivity contribution in [2.45, 2.75) is 13.0 Å². The molecule has 1 aliphatic heterocycles. The molecule has 0 saturated carbocycles. The predicted octanol–water partition coefficient (Wildman–Crippen LogP) is 0.615. The lowest BCUT2D eigenvalue weighted by Crippen LogP contribution is -2.41. The standard InChI is InChI=1S/C16H25N3O2/c20-16(18-8-9-19-10-12-21-13-11-19)6-7-17-14-15-4-2-1-3-5-15/h1-5,17H,6-14H2,(H,18,20). The topological polar surface area (TPSA) is 53.6 Å². The van der Waals surface area contributed by atoms with E-state index in [1.807, 2.05) is 18.2 Å². The minimum Gasteiger partial charge on any atom is -0.379 e. The van der Waals surface area contributed by atoms with Crippen LogP contribution < -0.4 is 10.6 Å². The molecule has 0 unspecified atom stereocenters. The highest BCUT2D eigenvalue weighted by molar-refractivity contribution is 5.76. The smallest absolute Gasteiger partial charge is 0.221 e. The van der Waals surface area contributed by atoms with Crippen LogP contribution in [0.4, 0.5) is 0 Å². The summed E-state index contributed by atoms with van der Waals surface area (Å²) in [6.45, 7) is 6.68. The van der Waals surface area contributed by atoms with E-state index in [2.05, 4.69) is 27.7 Å². The molecule has 1 saturated heterocycles. The number of morpholine rings is 1. The first-order chi connectivity index (χ1) is 10.3. The van der Waals surface area contributed by atoms with Crippen LogP contribution in [0.1, 0.15) is 12.0 Å². The largest absolute Gasteiger partial charge is 0.379 e. The summed E-state index contributed by atoms with van der Waals surface area (Å²) in [4.78, 5) is 14.0. The molecule has 2 rings (SSSR count). The Morgan fingerprint density at radius 2 is 1.90 bits per heavy atom. The van der Waals surface area contributed by atoms with E-state index >= 15 is 0 Å². The Kier molecular flexibility index (Phi) is 7.21. The van der Waals surface area contributed by atoms with Crippen molar-refractivity contribution in [1.82, 2.24) is 15.5 Å². The highest BCUT2D eigenvalue weighted by atomic mass is 16.5. The van der Waals surface area contributed by atoms with Crippen molar-refractivity contribution >= 4 is 5.91 Å². The number of amides is 1. The molecule has 0 bridgehead atoms. The van der Waals surface area contributed by atoms with E-state index in [-0.39, 0.29) is 5.91 Å². The number of nitrogens with zero attached hydrogens (tertiary/aromatic N) is 1. The zero-order valence-corrected chi connectivity index (χ0v) is 12.5. The second-order valence-electron chi connectivity index (χ2n) is 5.22. The molecule has 1 aromatic carbocycles. The van der Waals surface area contributed by atoms with Gasteiger partial charge in [-0.3, -0.25) is 9.69 Å². The van der Waals surface area contributed by atoms with Gasteiger partial charge in [0.1, 0.15) is 0 Å². The summed E-state index contributed by atoms with van der Waals surface area (Å²) in [6.07, 6.45) is 0.524. The van der Waals surface area contributed by atoms with Gasteiger partial charge in [0.15, 0.2) is 0 Å². The monoisotopic (exact) mass is 291 g/mol. The predicted molar refractivity (Wildman–Crippen MR) is 83.0 cm³/mol. The van der Waals surface area contributed by atoms with Crippen LogP contribution in [0.3, 0.4) is 0 Å². The molecular formula is C16H25N3O2. The van der Waals surface area contributed by atoms with Crippen LogP contribution in [0.25, 0.3) is 0 Å². The van der Waals surface area contributed by atoms with Gasteiger partial charge in [-0.1, -0.05) is 30.3 Å². The molecule has 0 aromatic heterocycles. The van der Waals surface area contributed by atoms with Crippen LogP contribution in [0, 0.1) is 0 Å². The van der Waals surface area contributed by atoms with Crippen molar-refractivity contribution in [2.24, 2.45) is 0 Å². The van der Waals surface area contributed by atoms with Gasteiger partial charge in [0.2, 0.25) is 5.91 Å². The maximum atomic E-state index is 11.7. The Hall–Kier alpha value is -1.43. The molecule has 1 amide bonds. The second kappa shape index (κ2) is 9.50. The molecule has 116 valence electrons. The van der Waals surface area contributed by atoms with E-state index in [4.69, 9.17) is 4.74 Å². The lowest BCUT2D eigenvalue weighted by molar-refractivity contribution is -0.121. The molecule has 1 fully saturated rings. The van der Waals surface area contributed by atoms with Crippen molar-refractivity contribution in [1.29, 1.82) is 0 Å². The summed E-state index contributed by atoms with van der Waals surface area (Å²) in [5, 5.41) is 6.25. The Balaban J connectivity index is 1.47. The number of carbonyl (C=O) groups excluding carboxylic acids is 1. The van der Waals surface area contributed by atoms with Gasteiger partial charge in [-0.05, 0) is 5.56 Å². The molecule has 0 atom stereocenters. The van der Waals surface area contributed by atoms with Gasteiger partial charge in [-0.15, -0.1) is 0 Å². The maximum Gasteiger partial charge on any atom is 0.221 e. The second-order valence-corrected chi connectivity index (χ2v) is 5.22. The quantitative estimate of drug-likeness (QED) is 0.689. The van der Waals surface area contributed by atoms with Gasteiger partial charge in [0.05, 0.1) is 13.2 Å². The van der Waals surface area contributed by atoms with Crippen molar-refractivity contribution in [3.63, 3.8) is 0 Å². The van der Waals surface area contributed by atoms with Crippen molar-refractivity contribution in [3.05, 3.63) is 35.9 Å². The lowest BCUT2D eigenvalue weighted by atomic mass is 10.2. The van der Waals surface area contributed by atoms with Gasteiger partial charge >= 0.3 is 0 Å². The van der Waals surface area contributed by atoms with E-state index in [0.29, 0.717) is 13.0 Å². The van der Waals surface area contributed by atoms with Crippen LogP contribution in [-0.2, 0) is 16.1 Å². The molecule has 5 heteroatoms. The summed E-state index contributed by atoms with van der Waals surface area (Å²) < 4.78 is 5.29. The van der Waals surface area contributed by atoms with Crippen molar-refractivity contribution < 1.29 is 9.53 Å². The summed E-state index contributed by atoms with van der Waals surface area (Å²) in [6, 6.07) is 10.2. The number of hydrogen-bond acceptors (Lipinski definition) is 4. The molecular weight excluding hydrogens is 266 g/mol. The van der Waals surface area contributed by atoms with E-state index in [0.717, 1.165) is 45.9 Å². The van der Waals surface area contributed by atoms with Crippen LogP contribution in [0.15, 0.2) is 30.3 Å². The van der Waals surface area contributed by atoms with E-state index in [9.17, 15) is 4.79 Å². The summed E-state index contributed by atoms with van der Waals surface area (Å²) in [5.74, 6) is 0.115. The number of hydrogen-bond donors (Lipinski definition) is 2. The third-order valence-electron chi connectivity index (χ3n) is 3.55. The van der Waals surface area contributed by atoms with Crippen molar-refractivity contribution in [3.8, 4) is 0 Å². The average molecular weight is 291 g/mol. The molecule has 5 nitrogen and oxygen atoms in total. The van der Waals surface area contributed by atoms with Gasteiger partial charge in [-0.25, -0.2) is 0 Å². The summed E-state index contributed by atoms with van der Waals surface area (Å²) in [5.41, 5.74) is 1.24. The molecule has 1 aromatic rings. The summed E-state index contributed by atoms with van der Waals surface area (Å²) >= 11 is 0. The fourth-order valence-corrected chi connectivity index (χ4v) is 2.30. The molecule has 0 spiro atoms. The minimum absolute atomic E-state index is 0.115. The third kappa shape index (κ3) is 6.71. The Morgan fingerprint density at radius 3 is 2.67 bits per heavy atom. The molecule has 0 aliphatic carbocycles. The third-order valence-corrected chi connectivity index (χ3v) is 3.55. The first kappa shape index (κ1) is 15.9. The normalized spacial score (nSPS) is 15.8. The fourth-order valence-electron chi connectivity index (χ4n) is 2.30. The van der Waals surface area contributed by atoms with E-state index < -0.39 is 0 Å². The first-order valence-electron chi connectivity index (χ1n) is 7.66. The van der Waals surface area contributed by atoms with Gasteiger partial charge in [0.25, 0.3) is 0 Å². The molecule has 21 heavy (non-hydrogen) atoms. The van der Waals surface area contributed by atoms with E-state index in [1.54, 1.807) is 0 Å². The number of carbonyl (C=O) groups is 1. The number of nitrogens with one attached hydrogen (secondary N) is 2.